The molecule has 1 saturated heterocycles. The fourth-order valence-corrected chi connectivity index (χ4v) is 4.19. The molecule has 6 nitrogen and oxygen atoms in total. The maximum Gasteiger partial charge on any atom is 0.310 e. The third kappa shape index (κ3) is 5.67. The Kier molecular flexibility index (Phi) is 5.89. The van der Waals surface area contributed by atoms with Crippen LogP contribution in [0.1, 0.15) is 12.0 Å². The molecule has 23 heavy (non-hydrogen) atoms. The van der Waals surface area contributed by atoms with Gasteiger partial charge in [-0.2, -0.15) is 0 Å². The largest absolute Gasteiger partial charge is 0.455 e. The molecule has 0 aliphatic carbocycles. The molecule has 0 saturated carbocycles. The molecular weight excluding hydrogens is 365 g/mol. The molecule has 1 fully saturated rings. The Hall–Kier alpha value is -1.31. The summed E-state index contributed by atoms with van der Waals surface area (Å²) < 4.78 is 27.4. The van der Waals surface area contributed by atoms with Gasteiger partial charge in [0.2, 0.25) is 0 Å². The van der Waals surface area contributed by atoms with Crippen molar-refractivity contribution >= 4 is 44.9 Å². The summed E-state index contributed by atoms with van der Waals surface area (Å²) in [5, 5.41) is 3.25. The van der Waals surface area contributed by atoms with Crippen LogP contribution in [0.3, 0.4) is 0 Å². The minimum atomic E-state index is -3.07. The molecule has 0 unspecified atom stereocenters. The molecule has 0 aromatic heterocycles. The highest BCUT2D eigenvalue weighted by molar-refractivity contribution is 7.91. The van der Waals surface area contributed by atoms with Gasteiger partial charge < -0.3 is 10.1 Å². The molecule has 0 radical (unpaired) electrons. The van der Waals surface area contributed by atoms with Crippen molar-refractivity contribution in [2.75, 3.05) is 18.1 Å². The van der Waals surface area contributed by atoms with Crippen LogP contribution in [0.2, 0.25) is 10.0 Å². The number of hydrogen-bond acceptors (Lipinski definition) is 5. The molecule has 1 aliphatic heterocycles. The first kappa shape index (κ1) is 18.0. The summed E-state index contributed by atoms with van der Waals surface area (Å²) in [6, 6.07) is 4.34. The molecule has 126 valence electrons. The van der Waals surface area contributed by atoms with Crippen LogP contribution in [0.5, 0.6) is 0 Å². The van der Waals surface area contributed by atoms with Gasteiger partial charge in [0, 0.05) is 6.04 Å². The normalized spacial score (nSPS) is 19.3. The molecule has 1 aliphatic rings. The summed E-state index contributed by atoms with van der Waals surface area (Å²) in [7, 11) is -3.07. The summed E-state index contributed by atoms with van der Waals surface area (Å²) >= 11 is 11.6. The quantitative estimate of drug-likeness (QED) is 0.780. The Balaban J connectivity index is 1.75. The first-order valence-corrected chi connectivity index (χ1v) is 9.42. The number of ether oxygens (including phenoxy) is 1. The Labute approximate surface area is 144 Å². The SMILES string of the molecule is O=C(COC(=O)Cc1ccc(Cl)c(Cl)c1)N[C@@H]1CCS(=O)(=O)C1. The monoisotopic (exact) mass is 379 g/mol. The minimum Gasteiger partial charge on any atom is -0.455 e. The molecule has 1 aromatic carbocycles. The van der Waals surface area contributed by atoms with E-state index in [9.17, 15) is 18.0 Å². The number of nitrogens with one attached hydrogen (secondary N) is 1. The number of halogens is 2. The Morgan fingerprint density at radius 3 is 2.61 bits per heavy atom. The van der Waals surface area contributed by atoms with Gasteiger partial charge in [-0.3, -0.25) is 9.59 Å². The number of esters is 1. The molecule has 1 atom stereocenters. The second-order valence-corrected chi connectivity index (χ2v) is 8.30. The van der Waals surface area contributed by atoms with Crippen molar-refractivity contribution in [2.24, 2.45) is 0 Å². The van der Waals surface area contributed by atoms with Crippen LogP contribution >= 0.6 is 23.2 Å². The van der Waals surface area contributed by atoms with E-state index in [2.05, 4.69) is 5.32 Å². The highest BCUT2D eigenvalue weighted by atomic mass is 35.5. The van der Waals surface area contributed by atoms with Crippen molar-refractivity contribution in [3.63, 3.8) is 0 Å². The van der Waals surface area contributed by atoms with Gasteiger partial charge in [0.25, 0.3) is 5.91 Å². The molecule has 9 heteroatoms. The number of sulfone groups is 1. The van der Waals surface area contributed by atoms with E-state index in [1.54, 1.807) is 18.2 Å². The lowest BCUT2D eigenvalue weighted by Gasteiger charge is -2.11. The number of benzene rings is 1. The van der Waals surface area contributed by atoms with Crippen molar-refractivity contribution in [3.8, 4) is 0 Å². The molecule has 2 rings (SSSR count). The Morgan fingerprint density at radius 1 is 1.26 bits per heavy atom. The predicted molar refractivity (Wildman–Crippen MR) is 86.3 cm³/mol. The van der Waals surface area contributed by atoms with Crippen LogP contribution in [-0.4, -0.2) is 44.4 Å². The lowest BCUT2D eigenvalue weighted by atomic mass is 10.1. The van der Waals surface area contributed by atoms with Crippen molar-refractivity contribution in [1.29, 1.82) is 0 Å². The Bertz CT molecular complexity index is 720. The van der Waals surface area contributed by atoms with E-state index in [1.165, 1.54) is 0 Å². The van der Waals surface area contributed by atoms with E-state index in [-0.39, 0.29) is 17.9 Å². The van der Waals surface area contributed by atoms with Crippen LogP contribution in [0.25, 0.3) is 0 Å². The first-order valence-electron chi connectivity index (χ1n) is 6.84. The lowest BCUT2D eigenvalue weighted by Crippen LogP contribution is -2.38. The van der Waals surface area contributed by atoms with Gasteiger partial charge in [0.15, 0.2) is 16.4 Å². The molecule has 0 spiro atoms. The molecule has 1 N–H and O–H groups in total. The van der Waals surface area contributed by atoms with E-state index in [0.29, 0.717) is 22.0 Å². The zero-order valence-corrected chi connectivity index (χ0v) is 14.4. The summed E-state index contributed by atoms with van der Waals surface area (Å²) in [6.07, 6.45) is 0.341. The van der Waals surface area contributed by atoms with Gasteiger partial charge in [-0.25, -0.2) is 8.42 Å². The van der Waals surface area contributed by atoms with E-state index < -0.39 is 34.4 Å². The highest BCUT2D eigenvalue weighted by Crippen LogP contribution is 2.22. The van der Waals surface area contributed by atoms with Gasteiger partial charge in [-0.05, 0) is 24.1 Å². The van der Waals surface area contributed by atoms with Crippen molar-refractivity contribution in [1.82, 2.24) is 5.32 Å². The number of hydrogen-bond donors (Lipinski definition) is 1. The molecular formula is C14H15Cl2NO5S. The minimum absolute atomic E-state index is 0.0397. The predicted octanol–water partition coefficient (Wildman–Crippen LogP) is 1.38. The van der Waals surface area contributed by atoms with Gasteiger partial charge in [-0.15, -0.1) is 0 Å². The summed E-state index contributed by atoms with van der Waals surface area (Å²) in [6.45, 7) is -0.448. The van der Waals surface area contributed by atoms with Crippen molar-refractivity contribution in [2.45, 2.75) is 18.9 Å². The molecule has 0 bridgehead atoms. The number of carbonyl (C=O) groups excluding carboxylic acids is 2. The molecule has 1 heterocycles. The van der Waals surface area contributed by atoms with Crippen LogP contribution in [0.15, 0.2) is 18.2 Å². The Morgan fingerprint density at radius 2 is 2.00 bits per heavy atom. The molecule has 1 amide bonds. The van der Waals surface area contributed by atoms with Gasteiger partial charge in [-0.1, -0.05) is 29.3 Å². The van der Waals surface area contributed by atoms with Crippen molar-refractivity contribution < 1.29 is 22.7 Å². The zero-order chi connectivity index (χ0) is 17.0. The van der Waals surface area contributed by atoms with Crippen LogP contribution in [-0.2, 0) is 30.6 Å². The van der Waals surface area contributed by atoms with Gasteiger partial charge in [0.05, 0.1) is 28.0 Å². The van der Waals surface area contributed by atoms with E-state index >= 15 is 0 Å². The third-order valence-electron chi connectivity index (χ3n) is 3.29. The maximum absolute atomic E-state index is 11.7. The van der Waals surface area contributed by atoms with E-state index in [1.807, 2.05) is 0 Å². The smallest absolute Gasteiger partial charge is 0.310 e. The average molecular weight is 380 g/mol. The van der Waals surface area contributed by atoms with E-state index in [4.69, 9.17) is 27.9 Å². The second-order valence-electron chi connectivity index (χ2n) is 5.25. The highest BCUT2D eigenvalue weighted by Gasteiger charge is 2.29. The summed E-state index contributed by atoms with van der Waals surface area (Å²) in [4.78, 5) is 23.3. The van der Waals surface area contributed by atoms with Crippen LogP contribution in [0.4, 0.5) is 0 Å². The summed E-state index contributed by atoms with van der Waals surface area (Å²) in [5.41, 5.74) is 0.617. The lowest BCUT2D eigenvalue weighted by molar-refractivity contribution is -0.148. The second kappa shape index (κ2) is 7.51. The fourth-order valence-electron chi connectivity index (χ4n) is 2.19. The standard InChI is InChI=1S/C14H15Cl2NO5S/c15-11-2-1-9(5-12(11)16)6-14(19)22-7-13(18)17-10-3-4-23(20,21)8-10/h1-2,5,10H,3-4,6-8H2,(H,17,18)/t10-/m1/s1. The zero-order valence-electron chi connectivity index (χ0n) is 12.1. The van der Waals surface area contributed by atoms with E-state index in [0.717, 1.165) is 0 Å². The average Bonchev–Trinajstić information content (AvgIpc) is 2.80. The third-order valence-corrected chi connectivity index (χ3v) is 5.80. The number of rotatable bonds is 5. The van der Waals surface area contributed by atoms with Gasteiger partial charge in [0.1, 0.15) is 0 Å². The fraction of sp³-hybridized carbons (Fsp3) is 0.429. The number of amides is 1. The molecule has 1 aromatic rings. The summed E-state index contributed by atoms with van der Waals surface area (Å²) in [5.74, 6) is -1.11. The topological polar surface area (TPSA) is 89.5 Å². The van der Waals surface area contributed by atoms with Crippen LogP contribution in [0, 0.1) is 0 Å². The number of carbonyl (C=O) groups is 2. The first-order chi connectivity index (χ1) is 10.7. The van der Waals surface area contributed by atoms with Gasteiger partial charge >= 0.3 is 5.97 Å². The maximum atomic E-state index is 11.7. The van der Waals surface area contributed by atoms with Crippen molar-refractivity contribution in [3.05, 3.63) is 33.8 Å². The van der Waals surface area contributed by atoms with Crippen LogP contribution < -0.4 is 5.32 Å².